The van der Waals surface area contributed by atoms with Crippen LogP contribution in [0.15, 0.2) is 48.5 Å². The maximum Gasteiger partial charge on any atom is 0.266 e. The topological polar surface area (TPSA) is 42.4 Å². The Kier molecular flexibility index (Phi) is 5.18. The Balaban J connectivity index is 1.72. The minimum Gasteiger partial charge on any atom is -0.497 e. The van der Waals surface area contributed by atoms with Crippen LogP contribution in [0.1, 0.15) is 44.8 Å². The van der Waals surface area contributed by atoms with Crippen molar-refractivity contribution in [1.29, 1.82) is 0 Å². The highest BCUT2D eigenvalue weighted by Crippen LogP contribution is 2.39. The molecule has 2 aromatic carbocycles. The molecule has 0 bridgehead atoms. The number of amides is 1. The molecule has 1 amide bonds. The summed E-state index contributed by atoms with van der Waals surface area (Å²) in [4.78, 5) is 20.5. The van der Waals surface area contributed by atoms with Crippen LogP contribution in [0.4, 0.5) is 0 Å². The third kappa shape index (κ3) is 3.42. The van der Waals surface area contributed by atoms with Gasteiger partial charge in [-0.05, 0) is 55.5 Å². The standard InChI is InChI=1S/C23H24N2O2S/c1-15-22(28-16(2)24-15)23(26)25-13-7-12-21(25)20-11-5-4-10-19(20)17-8-6-9-18(14-17)27-3/h4-6,8-11,14,21H,7,12-13H2,1-3H3/t21-/m1/s1. The van der Waals surface area contributed by atoms with E-state index in [-0.39, 0.29) is 11.9 Å². The molecular weight excluding hydrogens is 368 g/mol. The zero-order valence-corrected chi connectivity index (χ0v) is 17.3. The highest BCUT2D eigenvalue weighted by molar-refractivity contribution is 7.13. The highest BCUT2D eigenvalue weighted by Gasteiger charge is 2.33. The Bertz CT molecular complexity index is 1010. The van der Waals surface area contributed by atoms with Crippen molar-refractivity contribution >= 4 is 17.2 Å². The number of hydrogen-bond acceptors (Lipinski definition) is 4. The Labute approximate surface area is 169 Å². The summed E-state index contributed by atoms with van der Waals surface area (Å²) in [5.74, 6) is 0.938. The first-order valence-corrected chi connectivity index (χ1v) is 10.4. The van der Waals surface area contributed by atoms with Gasteiger partial charge in [-0.2, -0.15) is 0 Å². The number of thiazole rings is 1. The highest BCUT2D eigenvalue weighted by atomic mass is 32.1. The third-order valence-electron chi connectivity index (χ3n) is 5.31. The molecule has 1 aliphatic heterocycles. The number of ether oxygens (including phenoxy) is 1. The zero-order valence-electron chi connectivity index (χ0n) is 16.4. The SMILES string of the molecule is COc1cccc(-c2ccccc2[C@H]2CCCN2C(=O)c2sc(C)nc2C)c1. The molecule has 144 valence electrons. The monoisotopic (exact) mass is 392 g/mol. The fraction of sp³-hybridized carbons (Fsp3) is 0.304. The molecule has 1 fully saturated rings. The van der Waals surface area contributed by atoms with Gasteiger partial charge in [0.15, 0.2) is 0 Å². The van der Waals surface area contributed by atoms with Gasteiger partial charge in [0.2, 0.25) is 0 Å². The minimum atomic E-state index is 0.0803. The molecule has 2 heterocycles. The fourth-order valence-corrected chi connectivity index (χ4v) is 4.91. The van der Waals surface area contributed by atoms with Crippen LogP contribution in [0.2, 0.25) is 0 Å². The number of hydrogen-bond donors (Lipinski definition) is 0. The molecule has 3 aromatic rings. The second-order valence-electron chi connectivity index (χ2n) is 7.12. The summed E-state index contributed by atoms with van der Waals surface area (Å²) in [6.07, 6.45) is 1.99. The van der Waals surface area contributed by atoms with Crippen LogP contribution in [0.25, 0.3) is 11.1 Å². The maximum absolute atomic E-state index is 13.3. The first kappa shape index (κ1) is 18.7. The largest absolute Gasteiger partial charge is 0.497 e. The zero-order chi connectivity index (χ0) is 19.7. The van der Waals surface area contributed by atoms with Crippen molar-refractivity contribution in [3.63, 3.8) is 0 Å². The van der Waals surface area contributed by atoms with Crippen molar-refractivity contribution in [2.75, 3.05) is 13.7 Å². The van der Waals surface area contributed by atoms with Gasteiger partial charge in [0.05, 0.1) is 23.9 Å². The van der Waals surface area contributed by atoms with Crippen LogP contribution in [-0.4, -0.2) is 29.4 Å². The van der Waals surface area contributed by atoms with Gasteiger partial charge in [0.25, 0.3) is 5.91 Å². The average Bonchev–Trinajstić information content (AvgIpc) is 3.33. The molecule has 0 spiro atoms. The van der Waals surface area contributed by atoms with Crippen molar-refractivity contribution < 1.29 is 9.53 Å². The van der Waals surface area contributed by atoms with Gasteiger partial charge in [0.1, 0.15) is 10.6 Å². The molecule has 0 radical (unpaired) electrons. The van der Waals surface area contributed by atoms with Crippen molar-refractivity contribution in [3.05, 3.63) is 69.7 Å². The summed E-state index contributed by atoms with van der Waals surface area (Å²) >= 11 is 1.49. The summed E-state index contributed by atoms with van der Waals surface area (Å²) in [6, 6.07) is 16.6. The van der Waals surface area contributed by atoms with Crippen molar-refractivity contribution in [2.45, 2.75) is 32.7 Å². The van der Waals surface area contributed by atoms with Gasteiger partial charge in [-0.3, -0.25) is 4.79 Å². The fourth-order valence-electron chi connectivity index (χ4n) is 4.03. The minimum absolute atomic E-state index is 0.0803. The molecule has 1 atom stereocenters. The van der Waals surface area contributed by atoms with Crippen LogP contribution in [-0.2, 0) is 0 Å². The van der Waals surface area contributed by atoms with Crippen molar-refractivity contribution in [1.82, 2.24) is 9.88 Å². The lowest BCUT2D eigenvalue weighted by molar-refractivity contribution is 0.0740. The van der Waals surface area contributed by atoms with E-state index in [4.69, 9.17) is 4.74 Å². The van der Waals surface area contributed by atoms with E-state index < -0.39 is 0 Å². The average molecular weight is 393 g/mol. The van der Waals surface area contributed by atoms with E-state index in [1.54, 1.807) is 7.11 Å². The summed E-state index contributed by atoms with van der Waals surface area (Å²) in [7, 11) is 1.68. The van der Waals surface area contributed by atoms with Crippen LogP contribution < -0.4 is 4.74 Å². The number of aromatic nitrogens is 1. The van der Waals surface area contributed by atoms with E-state index in [2.05, 4.69) is 41.4 Å². The van der Waals surface area contributed by atoms with E-state index in [1.807, 2.05) is 30.9 Å². The molecule has 1 aliphatic rings. The van der Waals surface area contributed by atoms with Crippen molar-refractivity contribution in [2.24, 2.45) is 0 Å². The molecule has 4 rings (SSSR count). The van der Waals surface area contributed by atoms with Gasteiger partial charge in [-0.1, -0.05) is 36.4 Å². The number of rotatable bonds is 4. The Hall–Kier alpha value is -2.66. The third-order valence-corrected chi connectivity index (χ3v) is 6.37. The normalized spacial score (nSPS) is 16.4. The molecule has 28 heavy (non-hydrogen) atoms. The van der Waals surface area contributed by atoms with Crippen LogP contribution in [0.5, 0.6) is 5.75 Å². The molecule has 5 heteroatoms. The lowest BCUT2D eigenvalue weighted by Crippen LogP contribution is -2.30. The Morgan fingerprint density at radius 3 is 2.75 bits per heavy atom. The summed E-state index contributed by atoms with van der Waals surface area (Å²) in [6.45, 7) is 4.66. The number of likely N-dealkylation sites (tertiary alicyclic amines) is 1. The molecule has 0 aliphatic carbocycles. The Morgan fingerprint density at radius 1 is 1.18 bits per heavy atom. The predicted molar refractivity (Wildman–Crippen MR) is 113 cm³/mol. The van der Waals surface area contributed by atoms with E-state index in [0.717, 1.165) is 51.8 Å². The molecule has 1 saturated heterocycles. The smallest absolute Gasteiger partial charge is 0.266 e. The van der Waals surface area contributed by atoms with Gasteiger partial charge >= 0.3 is 0 Å². The van der Waals surface area contributed by atoms with Gasteiger partial charge in [-0.15, -0.1) is 11.3 Å². The lowest BCUT2D eigenvalue weighted by atomic mass is 9.93. The number of carbonyl (C=O) groups excluding carboxylic acids is 1. The van der Waals surface area contributed by atoms with E-state index in [9.17, 15) is 4.79 Å². The summed E-state index contributed by atoms with van der Waals surface area (Å²) < 4.78 is 5.40. The summed E-state index contributed by atoms with van der Waals surface area (Å²) in [5.41, 5.74) is 4.29. The molecule has 0 saturated carbocycles. The molecule has 0 unspecified atom stereocenters. The Morgan fingerprint density at radius 2 is 2.00 bits per heavy atom. The maximum atomic E-state index is 13.3. The number of methoxy groups -OCH3 is 1. The quantitative estimate of drug-likeness (QED) is 0.596. The number of aryl methyl sites for hydroxylation is 2. The number of carbonyl (C=O) groups is 1. The number of benzene rings is 2. The second-order valence-corrected chi connectivity index (χ2v) is 8.33. The van der Waals surface area contributed by atoms with Crippen molar-refractivity contribution in [3.8, 4) is 16.9 Å². The van der Waals surface area contributed by atoms with E-state index in [1.165, 1.54) is 16.9 Å². The predicted octanol–water partition coefficient (Wildman–Crippen LogP) is 5.41. The second kappa shape index (κ2) is 7.76. The molecule has 1 aromatic heterocycles. The van der Waals surface area contributed by atoms with Crippen LogP contribution >= 0.6 is 11.3 Å². The first-order valence-electron chi connectivity index (χ1n) is 9.57. The van der Waals surface area contributed by atoms with Crippen LogP contribution in [0.3, 0.4) is 0 Å². The van der Waals surface area contributed by atoms with E-state index in [0.29, 0.717) is 0 Å². The van der Waals surface area contributed by atoms with Gasteiger partial charge in [0, 0.05) is 6.54 Å². The lowest BCUT2D eigenvalue weighted by Gasteiger charge is -2.27. The molecule has 0 N–H and O–H groups in total. The van der Waals surface area contributed by atoms with E-state index >= 15 is 0 Å². The van der Waals surface area contributed by atoms with Crippen LogP contribution in [0, 0.1) is 13.8 Å². The van der Waals surface area contributed by atoms with Gasteiger partial charge < -0.3 is 9.64 Å². The first-order chi connectivity index (χ1) is 13.6. The summed E-state index contributed by atoms with van der Waals surface area (Å²) in [5, 5.41) is 0.938. The molecular formula is C23H24N2O2S. The number of nitrogens with zero attached hydrogens (tertiary/aromatic N) is 2. The van der Waals surface area contributed by atoms with Gasteiger partial charge in [-0.25, -0.2) is 4.98 Å². The molecule has 4 nitrogen and oxygen atoms in total.